The lowest BCUT2D eigenvalue weighted by Gasteiger charge is -2.33. The van der Waals surface area contributed by atoms with Crippen LogP contribution in [0, 0.1) is 17.1 Å². The summed E-state index contributed by atoms with van der Waals surface area (Å²) in [6.45, 7) is 13.3. The smallest absolute Gasteiger partial charge is 0.329 e. The fourth-order valence-corrected chi connectivity index (χ4v) is 3.90. The molecule has 204 valence electrons. The number of imide groups is 1. The number of nitrogens with one attached hydrogen (secondary N) is 4. The minimum Gasteiger partial charge on any atom is -0.385 e. The molecule has 0 aliphatic carbocycles. The van der Waals surface area contributed by atoms with Crippen molar-refractivity contribution in [3.63, 3.8) is 0 Å². The van der Waals surface area contributed by atoms with Crippen molar-refractivity contribution in [2.75, 3.05) is 70.6 Å². The average molecular weight is 508 g/mol. The molecule has 36 heavy (non-hydrogen) atoms. The Morgan fingerprint density at radius 2 is 1.83 bits per heavy atom. The van der Waals surface area contributed by atoms with Crippen LogP contribution in [0.5, 0.6) is 0 Å². The zero-order valence-corrected chi connectivity index (χ0v) is 23.1. The number of nitrogens with zero attached hydrogens (tertiary/aromatic N) is 3. The Balaban J connectivity index is 0.000000554. The van der Waals surface area contributed by atoms with E-state index in [-0.39, 0.29) is 30.4 Å². The number of benzene rings is 1. The van der Waals surface area contributed by atoms with Crippen LogP contribution in [0.4, 0.5) is 20.6 Å². The highest BCUT2D eigenvalue weighted by atomic mass is 19.1. The van der Waals surface area contributed by atoms with E-state index < -0.39 is 11.8 Å². The zero-order chi connectivity index (χ0) is 27.3. The molecule has 2 heterocycles. The van der Waals surface area contributed by atoms with Crippen molar-refractivity contribution >= 4 is 29.1 Å². The molecule has 0 unspecified atom stereocenters. The van der Waals surface area contributed by atoms with Crippen LogP contribution in [0.15, 0.2) is 12.1 Å². The molecule has 2 aliphatic heterocycles. The number of urea groups is 1. The molecular formula is C26H46FN7O2. The largest absolute Gasteiger partial charge is 0.385 e. The summed E-state index contributed by atoms with van der Waals surface area (Å²) >= 11 is 0. The van der Waals surface area contributed by atoms with Gasteiger partial charge >= 0.3 is 6.03 Å². The Bertz CT molecular complexity index is 855. The molecule has 0 aromatic heterocycles. The second-order valence-electron chi connectivity index (χ2n) is 9.00. The molecule has 9 nitrogen and oxygen atoms in total. The molecule has 0 bridgehead atoms. The summed E-state index contributed by atoms with van der Waals surface area (Å²) in [6.07, 6.45) is 2.16. The normalized spacial score (nSPS) is 16.0. The van der Waals surface area contributed by atoms with Gasteiger partial charge in [0.25, 0.3) is 0 Å². The molecule has 3 amide bonds. The Morgan fingerprint density at radius 3 is 2.36 bits per heavy atom. The topological polar surface area (TPSA) is 104 Å². The van der Waals surface area contributed by atoms with E-state index in [1.54, 1.807) is 19.2 Å². The number of amides is 3. The second-order valence-corrected chi connectivity index (χ2v) is 9.00. The number of anilines is 2. The molecule has 2 fully saturated rings. The summed E-state index contributed by atoms with van der Waals surface area (Å²) in [7, 11) is 5.76. The van der Waals surface area contributed by atoms with Crippen LogP contribution in [0.25, 0.3) is 0 Å². The fraction of sp³-hybridized carbons (Fsp3) is 0.654. The Hall–Kier alpha value is -2.72. The molecule has 1 aromatic rings. The lowest BCUT2D eigenvalue weighted by molar-refractivity contribution is -0.121. The third kappa shape index (κ3) is 9.05. The van der Waals surface area contributed by atoms with E-state index in [4.69, 9.17) is 5.41 Å². The van der Waals surface area contributed by atoms with Crippen LogP contribution >= 0.6 is 0 Å². The van der Waals surface area contributed by atoms with Crippen LogP contribution < -0.4 is 20.9 Å². The van der Waals surface area contributed by atoms with Crippen LogP contribution in [0.1, 0.15) is 52.5 Å². The highest BCUT2D eigenvalue weighted by Gasteiger charge is 2.29. The highest BCUT2D eigenvalue weighted by Crippen LogP contribution is 2.32. The summed E-state index contributed by atoms with van der Waals surface area (Å²) in [6, 6.07) is 2.68. The lowest BCUT2D eigenvalue weighted by Crippen LogP contribution is -2.52. The van der Waals surface area contributed by atoms with Crippen molar-refractivity contribution in [1.82, 2.24) is 20.4 Å². The Morgan fingerprint density at radius 1 is 1.19 bits per heavy atom. The third-order valence-corrected chi connectivity index (χ3v) is 6.06. The van der Waals surface area contributed by atoms with Gasteiger partial charge in [0.15, 0.2) is 5.82 Å². The molecule has 0 spiro atoms. The standard InChI is InChI=1S/C18H24FN5O2.C6H16N2.C2H6/c1-11-5-8-23(9-6-11)13-4-3-12(16(21-2)15(13)19)17(20)24-10-7-14(25)22-18(24)26;1-4-7-5-6-8(2)3;1-2/h3-4,11,20-21H,5-10H2,1-2H3,(H,22,25,26);7H,4-6H2,1-3H3;1-2H3. The first-order valence-corrected chi connectivity index (χ1v) is 13.0. The van der Waals surface area contributed by atoms with Crippen molar-refractivity contribution in [2.24, 2.45) is 5.92 Å². The number of carbonyl (C=O) groups excluding carboxylic acids is 2. The molecule has 4 N–H and O–H groups in total. The maximum atomic E-state index is 15.1. The average Bonchev–Trinajstić information content (AvgIpc) is 2.86. The van der Waals surface area contributed by atoms with Gasteiger partial charge < -0.3 is 20.4 Å². The number of hydrogen-bond donors (Lipinski definition) is 4. The van der Waals surface area contributed by atoms with E-state index in [1.165, 1.54) is 0 Å². The molecule has 3 rings (SSSR count). The SMILES string of the molecule is CC.CCNCCN(C)C.CNc1c(C(=N)N2CCC(=O)NC2=O)ccc(N2CCC(C)CC2)c1F. The van der Waals surface area contributed by atoms with Crippen LogP contribution in [-0.2, 0) is 4.79 Å². The number of hydrogen-bond acceptors (Lipinski definition) is 7. The number of carbonyl (C=O) groups is 2. The summed E-state index contributed by atoms with van der Waals surface area (Å²) in [4.78, 5) is 28.6. The summed E-state index contributed by atoms with van der Waals surface area (Å²) in [5, 5.41) is 16.6. The van der Waals surface area contributed by atoms with Gasteiger partial charge in [0.2, 0.25) is 5.91 Å². The lowest BCUT2D eigenvalue weighted by atomic mass is 9.98. The predicted molar refractivity (Wildman–Crippen MR) is 147 cm³/mol. The highest BCUT2D eigenvalue weighted by molar-refractivity contribution is 6.13. The van der Waals surface area contributed by atoms with E-state index in [0.29, 0.717) is 17.2 Å². The van der Waals surface area contributed by atoms with Gasteiger partial charge in [0.05, 0.1) is 11.4 Å². The quantitative estimate of drug-likeness (QED) is 0.256. The molecule has 0 saturated carbocycles. The number of halogens is 1. The number of amidine groups is 1. The molecule has 0 atom stereocenters. The van der Waals surface area contributed by atoms with Gasteiger partial charge in [-0.1, -0.05) is 27.7 Å². The van der Waals surface area contributed by atoms with Gasteiger partial charge in [-0.3, -0.25) is 20.4 Å². The summed E-state index contributed by atoms with van der Waals surface area (Å²) in [5.74, 6) is -0.269. The first-order chi connectivity index (χ1) is 17.2. The van der Waals surface area contributed by atoms with Gasteiger partial charge in [-0.2, -0.15) is 0 Å². The molecule has 10 heteroatoms. The Kier molecular flexibility index (Phi) is 14.0. The number of piperidine rings is 1. The van der Waals surface area contributed by atoms with Crippen molar-refractivity contribution in [3.8, 4) is 0 Å². The van der Waals surface area contributed by atoms with Crippen molar-refractivity contribution in [2.45, 2.75) is 47.0 Å². The maximum Gasteiger partial charge on any atom is 0.329 e. The molecule has 0 radical (unpaired) electrons. The van der Waals surface area contributed by atoms with Crippen molar-refractivity contribution < 1.29 is 14.0 Å². The minimum atomic E-state index is -0.650. The van der Waals surface area contributed by atoms with Gasteiger partial charge in [0.1, 0.15) is 5.84 Å². The molecule has 2 aliphatic rings. The van der Waals surface area contributed by atoms with E-state index in [0.717, 1.165) is 50.5 Å². The minimum absolute atomic E-state index is 0.111. The summed E-state index contributed by atoms with van der Waals surface area (Å²) in [5.41, 5.74) is 0.996. The van der Waals surface area contributed by atoms with Crippen molar-refractivity contribution in [1.29, 1.82) is 5.41 Å². The first kappa shape index (κ1) is 31.3. The van der Waals surface area contributed by atoms with E-state index in [9.17, 15) is 9.59 Å². The Labute approximate surface area is 216 Å². The fourth-order valence-electron chi connectivity index (χ4n) is 3.90. The number of rotatable bonds is 7. The second kappa shape index (κ2) is 16.1. The van der Waals surface area contributed by atoms with Gasteiger partial charge in [-0.05, 0) is 51.5 Å². The van der Waals surface area contributed by atoms with E-state index in [2.05, 4.69) is 48.8 Å². The van der Waals surface area contributed by atoms with Crippen LogP contribution in [0.2, 0.25) is 0 Å². The molecule has 1 aromatic carbocycles. The van der Waals surface area contributed by atoms with Crippen LogP contribution in [0.3, 0.4) is 0 Å². The monoisotopic (exact) mass is 507 g/mol. The first-order valence-electron chi connectivity index (χ1n) is 13.0. The van der Waals surface area contributed by atoms with E-state index in [1.807, 2.05) is 18.7 Å². The molecular weight excluding hydrogens is 461 g/mol. The maximum absolute atomic E-state index is 15.1. The molecule has 2 saturated heterocycles. The van der Waals surface area contributed by atoms with Gasteiger partial charge in [-0.15, -0.1) is 0 Å². The predicted octanol–water partition coefficient (Wildman–Crippen LogP) is 3.55. The number of likely N-dealkylation sites (N-methyl/N-ethyl adjacent to an activating group) is 2. The zero-order valence-electron chi connectivity index (χ0n) is 23.1. The third-order valence-electron chi connectivity index (χ3n) is 6.06. The summed E-state index contributed by atoms with van der Waals surface area (Å²) < 4.78 is 15.1. The van der Waals surface area contributed by atoms with Crippen molar-refractivity contribution in [3.05, 3.63) is 23.5 Å². The van der Waals surface area contributed by atoms with E-state index >= 15 is 4.39 Å². The van der Waals surface area contributed by atoms with Gasteiger partial charge in [0, 0.05) is 51.8 Å². The van der Waals surface area contributed by atoms with Gasteiger partial charge in [-0.25, -0.2) is 9.18 Å². The van der Waals surface area contributed by atoms with Crippen LogP contribution in [-0.4, -0.2) is 88.0 Å².